The van der Waals surface area contributed by atoms with Crippen LogP contribution in [0.15, 0.2) is 51.7 Å². The van der Waals surface area contributed by atoms with Gasteiger partial charge in [-0.05, 0) is 62.2 Å². The summed E-state index contributed by atoms with van der Waals surface area (Å²) in [4.78, 5) is 23.7. The smallest absolute Gasteiger partial charge is 0.276 e. The molecule has 0 aliphatic heterocycles. The summed E-state index contributed by atoms with van der Waals surface area (Å²) in [6.45, 7) is 0. The standard InChI is InChI=1S/C17H9Br2N5O3/c18-11-5-10(17(26)27)14(6-12(11)19)21-16(25)13-1-2-15(23-22-13)24-4-3-9(7-20)8-24/h1-6,8H,(H,21,25)(H,26,27)/p-1. The molecule has 0 radical (unpaired) electrons. The normalized spacial score (nSPS) is 10.3. The molecule has 0 saturated heterocycles. The number of carboxylic acids is 1. The maximum atomic E-state index is 12.4. The first kappa shape index (κ1) is 18.8. The molecule has 0 fully saturated rings. The van der Waals surface area contributed by atoms with Crippen molar-refractivity contribution in [3.8, 4) is 11.9 Å². The molecule has 3 aromatic rings. The molecule has 10 heteroatoms. The highest BCUT2D eigenvalue weighted by atomic mass is 79.9. The van der Waals surface area contributed by atoms with Gasteiger partial charge in [-0.1, -0.05) is 0 Å². The van der Waals surface area contributed by atoms with E-state index in [1.807, 2.05) is 6.07 Å². The summed E-state index contributed by atoms with van der Waals surface area (Å²) >= 11 is 6.45. The number of nitriles is 1. The number of nitrogens with zero attached hydrogens (tertiary/aromatic N) is 4. The van der Waals surface area contributed by atoms with Gasteiger partial charge in [0, 0.05) is 26.9 Å². The highest BCUT2D eigenvalue weighted by Crippen LogP contribution is 2.29. The van der Waals surface area contributed by atoms with Crippen LogP contribution < -0.4 is 10.4 Å². The fourth-order valence-corrected chi connectivity index (χ4v) is 2.88. The van der Waals surface area contributed by atoms with Crippen LogP contribution >= 0.6 is 31.9 Å². The highest BCUT2D eigenvalue weighted by molar-refractivity contribution is 9.13. The minimum Gasteiger partial charge on any atom is -0.545 e. The number of carbonyl (C=O) groups is 2. The molecule has 0 aliphatic carbocycles. The van der Waals surface area contributed by atoms with Gasteiger partial charge in [-0.15, -0.1) is 10.2 Å². The van der Waals surface area contributed by atoms with Gasteiger partial charge in [0.15, 0.2) is 11.5 Å². The third-order valence-corrected chi connectivity index (χ3v) is 5.34. The summed E-state index contributed by atoms with van der Waals surface area (Å²) in [6.07, 6.45) is 3.23. The first-order valence-electron chi connectivity index (χ1n) is 7.33. The number of aromatic nitrogens is 3. The molecule has 27 heavy (non-hydrogen) atoms. The number of amides is 1. The number of hydrogen-bond acceptors (Lipinski definition) is 6. The molecule has 0 unspecified atom stereocenters. The minimum atomic E-state index is -1.43. The molecular formula is C17H8Br2N5O3-. The van der Waals surface area contributed by atoms with Crippen LogP contribution in [0.4, 0.5) is 5.69 Å². The molecule has 2 heterocycles. The molecule has 0 spiro atoms. The molecule has 1 N–H and O–H groups in total. The number of carboxylic acid groups (broad SMARTS) is 1. The van der Waals surface area contributed by atoms with Gasteiger partial charge in [0.05, 0.1) is 17.2 Å². The monoisotopic (exact) mass is 488 g/mol. The van der Waals surface area contributed by atoms with Crippen LogP contribution in [-0.2, 0) is 0 Å². The predicted molar refractivity (Wildman–Crippen MR) is 100 cm³/mol. The number of benzene rings is 1. The quantitative estimate of drug-likeness (QED) is 0.599. The Morgan fingerprint density at radius 1 is 1.15 bits per heavy atom. The van der Waals surface area contributed by atoms with Gasteiger partial charge < -0.3 is 19.8 Å². The summed E-state index contributed by atoms with van der Waals surface area (Å²) in [7, 11) is 0. The molecule has 0 aliphatic rings. The first-order chi connectivity index (χ1) is 12.9. The zero-order valence-electron chi connectivity index (χ0n) is 13.3. The highest BCUT2D eigenvalue weighted by Gasteiger charge is 2.14. The number of halogens is 2. The Balaban J connectivity index is 1.84. The van der Waals surface area contributed by atoms with Gasteiger partial charge in [-0.2, -0.15) is 5.26 Å². The Morgan fingerprint density at radius 2 is 1.89 bits per heavy atom. The van der Waals surface area contributed by atoms with Crippen molar-refractivity contribution in [2.75, 3.05) is 5.32 Å². The van der Waals surface area contributed by atoms with E-state index in [0.717, 1.165) is 0 Å². The van der Waals surface area contributed by atoms with Gasteiger partial charge in [0.2, 0.25) is 0 Å². The molecule has 2 aromatic heterocycles. The van der Waals surface area contributed by atoms with Crippen LogP contribution in [0.1, 0.15) is 26.4 Å². The van der Waals surface area contributed by atoms with E-state index < -0.39 is 11.9 Å². The van der Waals surface area contributed by atoms with Gasteiger partial charge in [-0.3, -0.25) is 4.79 Å². The van der Waals surface area contributed by atoms with Crippen molar-refractivity contribution in [2.45, 2.75) is 0 Å². The van der Waals surface area contributed by atoms with Crippen molar-refractivity contribution in [3.63, 3.8) is 0 Å². The molecule has 8 nitrogen and oxygen atoms in total. The van der Waals surface area contributed by atoms with E-state index in [2.05, 4.69) is 47.4 Å². The lowest BCUT2D eigenvalue weighted by Crippen LogP contribution is -2.25. The average Bonchev–Trinajstić information content (AvgIpc) is 3.13. The Bertz CT molecular complexity index is 1090. The Kier molecular flexibility index (Phi) is 5.34. The summed E-state index contributed by atoms with van der Waals surface area (Å²) in [6, 6.07) is 9.38. The maximum Gasteiger partial charge on any atom is 0.276 e. The number of aromatic carboxylic acids is 1. The van der Waals surface area contributed by atoms with E-state index >= 15 is 0 Å². The predicted octanol–water partition coefficient (Wildman–Crippen LogP) is 2.28. The third kappa shape index (κ3) is 4.05. The van der Waals surface area contributed by atoms with Crippen LogP contribution in [0.25, 0.3) is 5.82 Å². The molecule has 1 amide bonds. The van der Waals surface area contributed by atoms with E-state index in [-0.39, 0.29) is 16.9 Å². The van der Waals surface area contributed by atoms with Crippen molar-refractivity contribution in [1.82, 2.24) is 14.8 Å². The third-order valence-electron chi connectivity index (χ3n) is 3.50. The molecule has 1 aromatic carbocycles. The van der Waals surface area contributed by atoms with Crippen molar-refractivity contribution in [3.05, 3.63) is 68.5 Å². The SMILES string of the molecule is N#Cc1ccn(-c2ccc(C(=O)Nc3cc(Br)c(Br)cc3C(=O)[O-])nn2)c1. The van der Waals surface area contributed by atoms with Crippen LogP contribution in [0.3, 0.4) is 0 Å². The van der Waals surface area contributed by atoms with Gasteiger partial charge in [0.1, 0.15) is 6.07 Å². The molecular weight excluding hydrogens is 482 g/mol. The Labute approximate surface area is 169 Å². The topological polar surface area (TPSA) is 124 Å². The summed E-state index contributed by atoms with van der Waals surface area (Å²) in [5, 5.41) is 30.4. The number of rotatable bonds is 4. The zero-order chi connectivity index (χ0) is 19.6. The summed E-state index contributed by atoms with van der Waals surface area (Å²) in [5.74, 6) is -1.63. The molecule has 0 bridgehead atoms. The lowest BCUT2D eigenvalue weighted by atomic mass is 10.1. The van der Waals surface area contributed by atoms with Crippen molar-refractivity contribution < 1.29 is 14.7 Å². The van der Waals surface area contributed by atoms with E-state index in [1.165, 1.54) is 18.2 Å². The van der Waals surface area contributed by atoms with Crippen molar-refractivity contribution >= 4 is 49.4 Å². The summed E-state index contributed by atoms with van der Waals surface area (Å²) < 4.78 is 2.66. The zero-order valence-corrected chi connectivity index (χ0v) is 16.5. The second kappa shape index (κ2) is 7.69. The fourth-order valence-electron chi connectivity index (χ4n) is 2.19. The molecule has 3 rings (SSSR count). The van der Waals surface area contributed by atoms with Crippen LogP contribution in [0.2, 0.25) is 0 Å². The van der Waals surface area contributed by atoms with Gasteiger partial charge >= 0.3 is 0 Å². The Hall–Kier alpha value is -3.03. The van der Waals surface area contributed by atoms with E-state index in [4.69, 9.17) is 5.26 Å². The van der Waals surface area contributed by atoms with Crippen molar-refractivity contribution in [1.29, 1.82) is 5.26 Å². The molecule has 134 valence electrons. The number of anilines is 1. The summed E-state index contributed by atoms with van der Waals surface area (Å²) in [5.41, 5.74) is 0.341. The molecule has 0 saturated carbocycles. The lowest BCUT2D eigenvalue weighted by Gasteiger charge is -2.13. The number of carbonyl (C=O) groups excluding carboxylic acids is 2. The van der Waals surface area contributed by atoms with E-state index in [0.29, 0.717) is 20.3 Å². The van der Waals surface area contributed by atoms with Gasteiger partial charge in [-0.25, -0.2) is 0 Å². The fraction of sp³-hybridized carbons (Fsp3) is 0. The second-order valence-corrected chi connectivity index (χ2v) is 6.96. The Morgan fingerprint density at radius 3 is 2.48 bits per heavy atom. The minimum absolute atomic E-state index is 0.00486. The average molecular weight is 490 g/mol. The lowest BCUT2D eigenvalue weighted by molar-refractivity contribution is -0.254. The molecule has 0 atom stereocenters. The van der Waals surface area contributed by atoms with Crippen LogP contribution in [0, 0.1) is 11.3 Å². The van der Waals surface area contributed by atoms with Crippen LogP contribution in [0.5, 0.6) is 0 Å². The largest absolute Gasteiger partial charge is 0.545 e. The second-order valence-electron chi connectivity index (χ2n) is 5.25. The first-order valence-corrected chi connectivity index (χ1v) is 8.91. The number of hydrogen-bond donors (Lipinski definition) is 1. The maximum absolute atomic E-state index is 12.4. The van der Waals surface area contributed by atoms with Gasteiger partial charge in [0.25, 0.3) is 5.91 Å². The van der Waals surface area contributed by atoms with Crippen LogP contribution in [-0.4, -0.2) is 26.6 Å². The van der Waals surface area contributed by atoms with E-state index in [1.54, 1.807) is 29.1 Å². The van der Waals surface area contributed by atoms with E-state index in [9.17, 15) is 14.7 Å². The van der Waals surface area contributed by atoms with Crippen molar-refractivity contribution in [2.24, 2.45) is 0 Å². The number of nitrogens with one attached hydrogen (secondary N) is 1.